The summed E-state index contributed by atoms with van der Waals surface area (Å²) in [6, 6.07) is 5.83. The van der Waals surface area contributed by atoms with Gasteiger partial charge in [-0.2, -0.15) is 5.10 Å². The summed E-state index contributed by atoms with van der Waals surface area (Å²) in [5.41, 5.74) is 2.49. The van der Waals surface area contributed by atoms with Crippen molar-refractivity contribution in [3.8, 4) is 5.69 Å². The monoisotopic (exact) mass is 346 g/mol. The topological polar surface area (TPSA) is 59.0 Å². The van der Waals surface area contributed by atoms with Crippen molar-refractivity contribution >= 4 is 5.91 Å². The predicted molar refractivity (Wildman–Crippen MR) is 97.2 cm³/mol. The molecule has 0 saturated carbocycles. The Morgan fingerprint density at radius 1 is 1.20 bits per heavy atom. The lowest BCUT2D eigenvalue weighted by atomic mass is 10.1. The molecule has 0 spiro atoms. The molecular formula is C19H27FN4O. The van der Waals surface area contributed by atoms with E-state index in [0.29, 0.717) is 0 Å². The summed E-state index contributed by atoms with van der Waals surface area (Å²) in [4.78, 5) is 12.2. The molecule has 0 bridgehead atoms. The summed E-state index contributed by atoms with van der Waals surface area (Å²) in [6.07, 6.45) is 1.78. The third-order valence-corrected chi connectivity index (χ3v) is 3.98. The van der Waals surface area contributed by atoms with E-state index in [0.717, 1.165) is 16.9 Å². The maximum Gasteiger partial charge on any atom is 0.237 e. The molecule has 0 aliphatic rings. The number of benzene rings is 1. The number of halogens is 1. The summed E-state index contributed by atoms with van der Waals surface area (Å²) < 4.78 is 14.9. The van der Waals surface area contributed by atoms with E-state index in [2.05, 4.69) is 15.7 Å². The third-order valence-electron chi connectivity index (χ3n) is 3.98. The maximum absolute atomic E-state index is 13.1. The van der Waals surface area contributed by atoms with Gasteiger partial charge in [-0.15, -0.1) is 0 Å². The molecule has 1 aromatic carbocycles. The van der Waals surface area contributed by atoms with E-state index in [-0.39, 0.29) is 29.3 Å². The van der Waals surface area contributed by atoms with Crippen LogP contribution in [0.25, 0.3) is 5.69 Å². The van der Waals surface area contributed by atoms with E-state index in [1.807, 2.05) is 41.5 Å². The van der Waals surface area contributed by atoms with Gasteiger partial charge in [0.1, 0.15) is 5.82 Å². The van der Waals surface area contributed by atoms with Gasteiger partial charge >= 0.3 is 0 Å². The van der Waals surface area contributed by atoms with E-state index in [9.17, 15) is 9.18 Å². The molecule has 1 aromatic heterocycles. The fourth-order valence-electron chi connectivity index (χ4n) is 2.71. The molecule has 0 radical (unpaired) electrons. The lowest BCUT2D eigenvalue weighted by molar-refractivity contribution is -0.124. The van der Waals surface area contributed by atoms with Crippen molar-refractivity contribution in [3.63, 3.8) is 0 Å². The number of rotatable bonds is 5. The highest BCUT2D eigenvalue weighted by atomic mass is 19.1. The molecule has 136 valence electrons. The van der Waals surface area contributed by atoms with Gasteiger partial charge in [-0.05, 0) is 65.8 Å². The van der Waals surface area contributed by atoms with Crippen LogP contribution in [-0.4, -0.2) is 27.3 Å². The molecule has 0 fully saturated rings. The molecule has 25 heavy (non-hydrogen) atoms. The quantitative estimate of drug-likeness (QED) is 0.873. The molecular weight excluding hydrogens is 319 g/mol. The summed E-state index contributed by atoms with van der Waals surface area (Å²) >= 11 is 0. The number of hydrogen-bond donors (Lipinski definition) is 2. The van der Waals surface area contributed by atoms with Crippen molar-refractivity contribution in [2.45, 2.75) is 59.2 Å². The van der Waals surface area contributed by atoms with E-state index in [1.54, 1.807) is 23.0 Å². The second kappa shape index (κ2) is 7.35. The minimum Gasteiger partial charge on any atom is -0.350 e. The number of hydrogen-bond acceptors (Lipinski definition) is 3. The molecule has 2 rings (SSSR count). The molecule has 6 heteroatoms. The van der Waals surface area contributed by atoms with Crippen molar-refractivity contribution in [2.24, 2.45) is 0 Å². The zero-order chi connectivity index (χ0) is 18.8. The molecule has 2 atom stereocenters. The Labute approximate surface area is 148 Å². The highest BCUT2D eigenvalue weighted by molar-refractivity contribution is 5.82. The highest BCUT2D eigenvalue weighted by Gasteiger charge is 2.22. The SMILES string of the molecule is Cc1c([C@H](C)N[C@H](C)C(=O)NC(C)(C)C)cnn1-c1ccc(F)cc1. The van der Waals surface area contributed by atoms with E-state index < -0.39 is 0 Å². The first-order valence-electron chi connectivity index (χ1n) is 8.47. The zero-order valence-corrected chi connectivity index (χ0v) is 15.7. The van der Waals surface area contributed by atoms with Crippen LogP contribution in [0.15, 0.2) is 30.5 Å². The number of amides is 1. The van der Waals surface area contributed by atoms with Crippen LogP contribution in [0.3, 0.4) is 0 Å². The van der Waals surface area contributed by atoms with Gasteiger partial charge < -0.3 is 5.32 Å². The summed E-state index contributed by atoms with van der Waals surface area (Å²) in [5.74, 6) is -0.314. The largest absolute Gasteiger partial charge is 0.350 e. The zero-order valence-electron chi connectivity index (χ0n) is 15.7. The maximum atomic E-state index is 13.1. The fourth-order valence-corrected chi connectivity index (χ4v) is 2.71. The second-order valence-corrected chi connectivity index (χ2v) is 7.42. The van der Waals surface area contributed by atoms with Gasteiger partial charge in [-0.1, -0.05) is 0 Å². The Bertz CT molecular complexity index is 731. The lowest BCUT2D eigenvalue weighted by Crippen LogP contribution is -2.50. The molecule has 0 aliphatic carbocycles. The van der Waals surface area contributed by atoms with Crippen molar-refractivity contribution in [2.75, 3.05) is 0 Å². The van der Waals surface area contributed by atoms with Gasteiger partial charge in [-0.25, -0.2) is 9.07 Å². The molecule has 0 unspecified atom stereocenters. The Balaban J connectivity index is 2.11. The Kier molecular flexibility index (Phi) is 5.62. The van der Waals surface area contributed by atoms with Crippen LogP contribution < -0.4 is 10.6 Å². The van der Waals surface area contributed by atoms with E-state index in [4.69, 9.17) is 0 Å². The van der Waals surface area contributed by atoms with Gasteiger partial charge in [0.15, 0.2) is 0 Å². The Hall–Kier alpha value is -2.21. The number of carbonyl (C=O) groups excluding carboxylic acids is 1. The van der Waals surface area contributed by atoms with Crippen molar-refractivity contribution < 1.29 is 9.18 Å². The average Bonchev–Trinajstić information content (AvgIpc) is 2.88. The summed E-state index contributed by atoms with van der Waals surface area (Å²) in [7, 11) is 0. The lowest BCUT2D eigenvalue weighted by Gasteiger charge is -2.25. The van der Waals surface area contributed by atoms with Crippen LogP contribution >= 0.6 is 0 Å². The molecule has 0 aliphatic heterocycles. The van der Waals surface area contributed by atoms with Crippen LogP contribution in [0.4, 0.5) is 4.39 Å². The number of nitrogens with zero attached hydrogens (tertiary/aromatic N) is 2. The first kappa shape index (κ1) is 19.1. The van der Waals surface area contributed by atoms with Gasteiger partial charge in [0.05, 0.1) is 17.9 Å². The minimum atomic E-state index is -0.331. The van der Waals surface area contributed by atoms with Gasteiger partial charge in [0.2, 0.25) is 5.91 Å². The van der Waals surface area contributed by atoms with Crippen molar-refractivity contribution in [1.82, 2.24) is 20.4 Å². The Morgan fingerprint density at radius 3 is 2.36 bits per heavy atom. The van der Waals surface area contributed by atoms with Crippen LogP contribution in [-0.2, 0) is 4.79 Å². The first-order valence-corrected chi connectivity index (χ1v) is 8.47. The summed E-state index contributed by atoms with van der Waals surface area (Å²) in [5, 5.41) is 10.7. The van der Waals surface area contributed by atoms with E-state index >= 15 is 0 Å². The van der Waals surface area contributed by atoms with E-state index in [1.165, 1.54) is 12.1 Å². The molecule has 1 heterocycles. The van der Waals surface area contributed by atoms with Crippen molar-refractivity contribution in [1.29, 1.82) is 0 Å². The van der Waals surface area contributed by atoms with Crippen LogP contribution in [0, 0.1) is 12.7 Å². The number of nitrogens with one attached hydrogen (secondary N) is 2. The molecule has 0 saturated heterocycles. The minimum absolute atomic E-state index is 0.0390. The highest BCUT2D eigenvalue weighted by Crippen LogP contribution is 2.21. The van der Waals surface area contributed by atoms with Crippen LogP contribution in [0.5, 0.6) is 0 Å². The average molecular weight is 346 g/mol. The third kappa shape index (κ3) is 4.89. The standard InChI is InChI=1S/C19H27FN4O/c1-12(22-13(2)18(25)23-19(4,5)6)17-11-21-24(14(17)3)16-9-7-15(20)8-10-16/h7-13,22H,1-6H3,(H,23,25)/t12-,13+/m0/s1. The normalized spacial score (nSPS) is 14.2. The van der Waals surface area contributed by atoms with Crippen LogP contribution in [0.2, 0.25) is 0 Å². The smallest absolute Gasteiger partial charge is 0.237 e. The van der Waals surface area contributed by atoms with Gasteiger partial charge in [0.25, 0.3) is 0 Å². The molecule has 2 N–H and O–H groups in total. The number of aromatic nitrogens is 2. The fraction of sp³-hybridized carbons (Fsp3) is 0.474. The molecule has 2 aromatic rings. The Morgan fingerprint density at radius 2 is 1.80 bits per heavy atom. The molecule has 5 nitrogen and oxygen atoms in total. The first-order chi connectivity index (χ1) is 11.6. The predicted octanol–water partition coefficient (Wildman–Crippen LogP) is 3.27. The second-order valence-electron chi connectivity index (χ2n) is 7.42. The van der Waals surface area contributed by atoms with Crippen LogP contribution in [0.1, 0.15) is 51.9 Å². The molecule has 1 amide bonds. The van der Waals surface area contributed by atoms with Crippen molar-refractivity contribution in [3.05, 3.63) is 47.5 Å². The summed E-state index contributed by atoms with van der Waals surface area (Å²) in [6.45, 7) is 11.7. The van der Waals surface area contributed by atoms with Gasteiger partial charge in [-0.3, -0.25) is 10.1 Å². The van der Waals surface area contributed by atoms with Gasteiger partial charge in [0, 0.05) is 22.8 Å². The number of carbonyl (C=O) groups is 1.